The first-order valence-corrected chi connectivity index (χ1v) is 9.48. The highest BCUT2D eigenvalue weighted by molar-refractivity contribution is 5.77. The molecule has 2 aliphatic rings. The van der Waals surface area contributed by atoms with E-state index in [9.17, 15) is 4.79 Å². The number of rotatable bonds is 4. The molecule has 25 heavy (non-hydrogen) atoms. The number of aromatic nitrogens is 1. The maximum Gasteiger partial charge on any atom is 0.223 e. The number of hydrogen-bond acceptors (Lipinski definition) is 2. The molecular weight excluding hydrogens is 308 g/mol. The number of likely N-dealkylation sites (tertiary alicyclic amines) is 1. The second kappa shape index (κ2) is 6.99. The highest BCUT2D eigenvalue weighted by Gasteiger charge is 2.36. The molecule has 1 aliphatic carbocycles. The van der Waals surface area contributed by atoms with Gasteiger partial charge in [0, 0.05) is 18.7 Å². The zero-order chi connectivity index (χ0) is 17.2. The van der Waals surface area contributed by atoms with E-state index >= 15 is 0 Å². The lowest BCUT2D eigenvalue weighted by atomic mass is 9.70. The van der Waals surface area contributed by atoms with Crippen LogP contribution in [-0.2, 0) is 4.79 Å². The van der Waals surface area contributed by atoms with Gasteiger partial charge in [-0.2, -0.15) is 0 Å². The molecular formula is C22H26N2O. The Balaban J connectivity index is 1.35. The zero-order valence-corrected chi connectivity index (χ0v) is 14.9. The fourth-order valence-corrected chi connectivity index (χ4v) is 4.39. The summed E-state index contributed by atoms with van der Waals surface area (Å²) in [4.78, 5) is 19.6. The van der Waals surface area contributed by atoms with E-state index in [0.717, 1.165) is 43.6 Å². The minimum atomic E-state index is 0.178. The largest absolute Gasteiger partial charge is 0.334 e. The molecule has 0 spiro atoms. The third kappa shape index (κ3) is 3.46. The smallest absolute Gasteiger partial charge is 0.223 e. The van der Waals surface area contributed by atoms with Crippen LogP contribution in [0.2, 0.25) is 0 Å². The van der Waals surface area contributed by atoms with Crippen LogP contribution in [0.25, 0.3) is 0 Å². The molecule has 4 rings (SSSR count). The van der Waals surface area contributed by atoms with Crippen molar-refractivity contribution in [3.05, 3.63) is 65.5 Å². The molecule has 0 bridgehead atoms. The fourth-order valence-electron chi connectivity index (χ4n) is 4.39. The average Bonchev–Trinajstić information content (AvgIpc) is 3.08. The van der Waals surface area contributed by atoms with Crippen LogP contribution < -0.4 is 0 Å². The molecule has 2 fully saturated rings. The normalized spacial score (nSPS) is 25.6. The molecule has 0 N–H and O–H groups in total. The minimum absolute atomic E-state index is 0.178. The first kappa shape index (κ1) is 16.3. The Morgan fingerprint density at radius 1 is 1.12 bits per heavy atom. The Morgan fingerprint density at radius 3 is 2.68 bits per heavy atom. The van der Waals surface area contributed by atoms with E-state index in [2.05, 4.69) is 52.3 Å². The average molecular weight is 334 g/mol. The van der Waals surface area contributed by atoms with Crippen LogP contribution in [0.1, 0.15) is 61.0 Å². The van der Waals surface area contributed by atoms with Gasteiger partial charge in [-0.3, -0.25) is 9.78 Å². The molecule has 1 aliphatic heterocycles. The zero-order valence-electron chi connectivity index (χ0n) is 14.9. The van der Waals surface area contributed by atoms with Crippen molar-refractivity contribution in [1.29, 1.82) is 0 Å². The van der Waals surface area contributed by atoms with Crippen LogP contribution in [0, 0.1) is 12.8 Å². The van der Waals surface area contributed by atoms with Gasteiger partial charge in [-0.15, -0.1) is 0 Å². The molecule has 1 aromatic carbocycles. The van der Waals surface area contributed by atoms with Crippen molar-refractivity contribution in [1.82, 2.24) is 9.88 Å². The quantitative estimate of drug-likeness (QED) is 0.816. The predicted octanol–water partition coefficient (Wildman–Crippen LogP) is 4.64. The minimum Gasteiger partial charge on any atom is -0.334 e. The third-order valence-corrected chi connectivity index (χ3v) is 5.79. The Bertz CT molecular complexity index is 737. The van der Waals surface area contributed by atoms with Gasteiger partial charge in [0.1, 0.15) is 0 Å². The molecule has 1 saturated carbocycles. The number of benzene rings is 1. The van der Waals surface area contributed by atoms with Crippen molar-refractivity contribution >= 4 is 5.91 Å². The van der Waals surface area contributed by atoms with Gasteiger partial charge in [0.05, 0.1) is 11.7 Å². The third-order valence-electron chi connectivity index (χ3n) is 5.79. The summed E-state index contributed by atoms with van der Waals surface area (Å²) in [7, 11) is 0. The summed E-state index contributed by atoms with van der Waals surface area (Å²) in [5.74, 6) is 1.51. The Morgan fingerprint density at radius 2 is 1.92 bits per heavy atom. The first-order valence-electron chi connectivity index (χ1n) is 9.48. The summed E-state index contributed by atoms with van der Waals surface area (Å²) < 4.78 is 0. The summed E-state index contributed by atoms with van der Waals surface area (Å²) in [6.07, 6.45) is 5.13. The van der Waals surface area contributed by atoms with Gasteiger partial charge in [-0.25, -0.2) is 0 Å². The van der Waals surface area contributed by atoms with Crippen LogP contribution in [-0.4, -0.2) is 22.3 Å². The van der Waals surface area contributed by atoms with E-state index in [1.165, 1.54) is 5.56 Å². The summed E-state index contributed by atoms with van der Waals surface area (Å²) >= 11 is 0. The van der Waals surface area contributed by atoms with Crippen molar-refractivity contribution in [3.63, 3.8) is 0 Å². The van der Waals surface area contributed by atoms with Crippen LogP contribution >= 0.6 is 0 Å². The number of carbonyl (C=O) groups excluding carboxylic acids is 1. The summed E-state index contributed by atoms with van der Waals surface area (Å²) in [6, 6.07) is 17.0. The Labute approximate surface area is 150 Å². The molecule has 1 amide bonds. The van der Waals surface area contributed by atoms with Gasteiger partial charge >= 0.3 is 0 Å². The van der Waals surface area contributed by atoms with Crippen LogP contribution in [0.15, 0.2) is 48.5 Å². The van der Waals surface area contributed by atoms with Crippen molar-refractivity contribution in [2.24, 2.45) is 5.92 Å². The van der Waals surface area contributed by atoms with E-state index in [1.54, 1.807) is 0 Å². The summed E-state index contributed by atoms with van der Waals surface area (Å²) in [6.45, 7) is 2.90. The highest BCUT2D eigenvalue weighted by atomic mass is 16.2. The molecule has 3 heteroatoms. The number of nitrogens with zero attached hydrogens (tertiary/aromatic N) is 2. The Hall–Kier alpha value is -2.16. The lowest BCUT2D eigenvalue weighted by Crippen LogP contribution is -2.34. The molecule has 1 atom stereocenters. The number of amides is 1. The van der Waals surface area contributed by atoms with Crippen molar-refractivity contribution in [2.45, 2.75) is 51.0 Å². The predicted molar refractivity (Wildman–Crippen MR) is 99.2 cm³/mol. The molecule has 1 unspecified atom stereocenters. The van der Waals surface area contributed by atoms with E-state index < -0.39 is 0 Å². The van der Waals surface area contributed by atoms with E-state index in [4.69, 9.17) is 0 Å². The second-order valence-corrected chi connectivity index (χ2v) is 7.60. The van der Waals surface area contributed by atoms with Gasteiger partial charge in [-0.1, -0.05) is 36.4 Å². The number of aryl methyl sites for hydroxylation is 1. The van der Waals surface area contributed by atoms with E-state index in [-0.39, 0.29) is 6.04 Å². The van der Waals surface area contributed by atoms with Gasteiger partial charge < -0.3 is 4.90 Å². The van der Waals surface area contributed by atoms with Gasteiger partial charge in [0.25, 0.3) is 0 Å². The lowest BCUT2D eigenvalue weighted by molar-refractivity contribution is -0.134. The van der Waals surface area contributed by atoms with Crippen LogP contribution in [0.4, 0.5) is 0 Å². The molecule has 1 aromatic heterocycles. The lowest BCUT2D eigenvalue weighted by Gasteiger charge is -2.37. The number of carbonyl (C=O) groups is 1. The van der Waals surface area contributed by atoms with Crippen LogP contribution in [0.3, 0.4) is 0 Å². The second-order valence-electron chi connectivity index (χ2n) is 7.60. The van der Waals surface area contributed by atoms with Crippen molar-refractivity contribution in [2.75, 3.05) is 6.54 Å². The standard InChI is InChI=1S/C22H26N2O/c1-16-7-5-10-20(23-16)21-11-6-12-24(21)22(25)15-17-13-19(14-17)18-8-3-2-4-9-18/h2-5,7-10,17,19,21H,6,11-15H2,1H3. The monoisotopic (exact) mass is 334 g/mol. The molecule has 2 aromatic rings. The summed E-state index contributed by atoms with van der Waals surface area (Å²) in [5, 5.41) is 0. The molecule has 0 radical (unpaired) electrons. The van der Waals surface area contributed by atoms with Crippen molar-refractivity contribution < 1.29 is 4.79 Å². The fraction of sp³-hybridized carbons (Fsp3) is 0.455. The summed E-state index contributed by atoms with van der Waals surface area (Å²) in [5.41, 5.74) is 3.51. The number of hydrogen-bond donors (Lipinski definition) is 0. The van der Waals surface area contributed by atoms with E-state index in [1.807, 2.05) is 13.0 Å². The number of pyridine rings is 1. The maximum atomic E-state index is 12.9. The SMILES string of the molecule is Cc1cccc(C2CCCN2C(=O)CC2CC(c3ccccc3)C2)n1. The Kier molecular flexibility index (Phi) is 4.56. The molecule has 130 valence electrons. The van der Waals surface area contributed by atoms with Crippen molar-refractivity contribution in [3.8, 4) is 0 Å². The van der Waals surface area contributed by atoms with Crippen LogP contribution in [0.5, 0.6) is 0 Å². The van der Waals surface area contributed by atoms with E-state index in [0.29, 0.717) is 24.2 Å². The molecule has 2 heterocycles. The van der Waals surface area contributed by atoms with Gasteiger partial charge in [0.15, 0.2) is 0 Å². The maximum absolute atomic E-state index is 12.9. The molecule has 1 saturated heterocycles. The first-order chi connectivity index (χ1) is 12.2. The van der Waals surface area contributed by atoms with Gasteiger partial charge in [0.2, 0.25) is 5.91 Å². The highest BCUT2D eigenvalue weighted by Crippen LogP contribution is 2.44. The topological polar surface area (TPSA) is 33.2 Å². The molecule has 3 nitrogen and oxygen atoms in total. The van der Waals surface area contributed by atoms with Gasteiger partial charge in [-0.05, 0) is 62.1 Å².